The van der Waals surface area contributed by atoms with Crippen molar-refractivity contribution in [2.45, 2.75) is 6.04 Å². The first kappa shape index (κ1) is 10.6. The third-order valence-corrected chi connectivity index (χ3v) is 3.15. The van der Waals surface area contributed by atoms with Gasteiger partial charge < -0.3 is 20.4 Å². The van der Waals surface area contributed by atoms with E-state index in [0.717, 1.165) is 30.1 Å². The number of benzene rings is 1. The van der Waals surface area contributed by atoms with E-state index in [1.807, 2.05) is 24.3 Å². The highest BCUT2D eigenvalue weighted by molar-refractivity contribution is 5.77. The lowest BCUT2D eigenvalue weighted by Crippen LogP contribution is -2.50. The summed E-state index contributed by atoms with van der Waals surface area (Å²) in [7, 11) is 0. The van der Waals surface area contributed by atoms with Crippen LogP contribution in [0.25, 0.3) is 11.0 Å². The molecule has 5 nitrogen and oxygen atoms in total. The topological polar surface area (TPSA) is 67.2 Å². The lowest BCUT2D eigenvalue weighted by molar-refractivity contribution is 0.0955. The second-order valence-electron chi connectivity index (χ2n) is 4.24. The molecule has 0 radical (unpaired) electrons. The van der Waals surface area contributed by atoms with Crippen LogP contribution in [0.4, 0.5) is 5.95 Å². The summed E-state index contributed by atoms with van der Waals surface area (Å²) in [4.78, 5) is 10.1. The fourth-order valence-corrected chi connectivity index (χ4v) is 2.20. The molecule has 1 aromatic carbocycles. The van der Waals surface area contributed by atoms with Gasteiger partial charge in [0.2, 0.25) is 5.95 Å². The van der Waals surface area contributed by atoms with E-state index in [1.165, 1.54) is 0 Å². The monoisotopic (exact) mass is 232 g/mol. The van der Waals surface area contributed by atoms with Crippen molar-refractivity contribution in [3.8, 4) is 0 Å². The van der Waals surface area contributed by atoms with E-state index in [0.29, 0.717) is 13.2 Å². The number of hydrogen-bond acceptors (Lipinski definition) is 4. The summed E-state index contributed by atoms with van der Waals surface area (Å²) in [5, 5.41) is 0. The molecule has 3 N–H and O–H groups in total. The first-order chi connectivity index (χ1) is 8.38. The van der Waals surface area contributed by atoms with Gasteiger partial charge in [-0.05, 0) is 12.1 Å². The number of para-hydroxylation sites is 2. The predicted molar refractivity (Wildman–Crippen MR) is 67.1 cm³/mol. The molecule has 1 aliphatic rings. The smallest absolute Gasteiger partial charge is 0.204 e. The molecular weight excluding hydrogens is 216 g/mol. The molecule has 1 fully saturated rings. The molecule has 0 amide bonds. The van der Waals surface area contributed by atoms with Gasteiger partial charge in [-0.3, -0.25) is 0 Å². The number of aromatic amines is 1. The molecule has 1 aliphatic heterocycles. The van der Waals surface area contributed by atoms with Gasteiger partial charge in [-0.2, -0.15) is 0 Å². The first-order valence-electron chi connectivity index (χ1n) is 5.87. The van der Waals surface area contributed by atoms with Crippen LogP contribution in [0.1, 0.15) is 0 Å². The van der Waals surface area contributed by atoms with E-state index < -0.39 is 0 Å². The number of morpholine rings is 1. The van der Waals surface area contributed by atoms with Gasteiger partial charge in [-0.1, -0.05) is 12.1 Å². The Hall–Kier alpha value is -1.59. The molecule has 2 aromatic rings. The summed E-state index contributed by atoms with van der Waals surface area (Å²) in [5.41, 5.74) is 7.81. The quantitative estimate of drug-likeness (QED) is 0.801. The summed E-state index contributed by atoms with van der Waals surface area (Å²) in [6.07, 6.45) is 0. The summed E-state index contributed by atoms with van der Waals surface area (Å²) in [5.74, 6) is 0.893. The van der Waals surface area contributed by atoms with Crippen LogP contribution in [0.5, 0.6) is 0 Å². The maximum Gasteiger partial charge on any atom is 0.204 e. The molecule has 90 valence electrons. The van der Waals surface area contributed by atoms with Crippen LogP contribution >= 0.6 is 0 Å². The van der Waals surface area contributed by atoms with Crippen molar-refractivity contribution in [3.63, 3.8) is 0 Å². The molecule has 0 bridgehead atoms. The summed E-state index contributed by atoms with van der Waals surface area (Å²) in [6, 6.07) is 8.25. The Morgan fingerprint density at radius 2 is 2.35 bits per heavy atom. The Bertz CT molecular complexity index is 477. The number of nitrogens with one attached hydrogen (secondary N) is 1. The van der Waals surface area contributed by atoms with Crippen LogP contribution in [0.15, 0.2) is 24.3 Å². The zero-order valence-corrected chi connectivity index (χ0v) is 9.60. The Kier molecular flexibility index (Phi) is 2.70. The molecule has 5 heteroatoms. The molecule has 1 unspecified atom stereocenters. The van der Waals surface area contributed by atoms with E-state index in [2.05, 4.69) is 14.9 Å². The van der Waals surface area contributed by atoms with Gasteiger partial charge in [0.1, 0.15) is 0 Å². The third-order valence-electron chi connectivity index (χ3n) is 3.15. The fourth-order valence-electron chi connectivity index (χ4n) is 2.20. The normalized spacial score (nSPS) is 21.0. The third kappa shape index (κ3) is 1.87. The number of anilines is 1. The molecule has 1 saturated heterocycles. The van der Waals surface area contributed by atoms with Gasteiger partial charge in [0.05, 0.1) is 30.3 Å². The number of fused-ring (bicyclic) bond motifs is 1. The predicted octanol–water partition coefficient (Wildman–Crippen LogP) is 0.727. The standard InChI is InChI=1S/C12H16N4O/c13-7-9-8-17-6-5-16(9)12-14-10-3-1-2-4-11(10)15-12/h1-4,9H,5-8,13H2,(H,14,15). The number of nitrogens with zero attached hydrogens (tertiary/aromatic N) is 2. The second kappa shape index (κ2) is 4.35. The lowest BCUT2D eigenvalue weighted by Gasteiger charge is -2.34. The number of ether oxygens (including phenoxy) is 1. The van der Waals surface area contributed by atoms with E-state index in [1.54, 1.807) is 0 Å². The van der Waals surface area contributed by atoms with Crippen molar-refractivity contribution >= 4 is 17.0 Å². The van der Waals surface area contributed by atoms with Crippen molar-refractivity contribution in [1.29, 1.82) is 0 Å². The average molecular weight is 232 g/mol. The van der Waals surface area contributed by atoms with Gasteiger partial charge >= 0.3 is 0 Å². The van der Waals surface area contributed by atoms with Gasteiger partial charge in [-0.15, -0.1) is 0 Å². The van der Waals surface area contributed by atoms with Crippen LogP contribution in [-0.4, -0.2) is 42.3 Å². The molecule has 0 spiro atoms. The first-order valence-corrected chi connectivity index (χ1v) is 5.87. The Morgan fingerprint density at radius 3 is 3.18 bits per heavy atom. The molecular formula is C12H16N4O. The van der Waals surface area contributed by atoms with Crippen LogP contribution in [0.3, 0.4) is 0 Å². The zero-order valence-electron chi connectivity index (χ0n) is 9.60. The van der Waals surface area contributed by atoms with E-state index in [4.69, 9.17) is 10.5 Å². The summed E-state index contributed by atoms with van der Waals surface area (Å²) < 4.78 is 5.44. The van der Waals surface area contributed by atoms with Crippen LogP contribution < -0.4 is 10.6 Å². The zero-order chi connectivity index (χ0) is 11.7. The van der Waals surface area contributed by atoms with Crippen molar-refractivity contribution in [3.05, 3.63) is 24.3 Å². The molecule has 0 aliphatic carbocycles. The molecule has 1 atom stereocenters. The molecule has 2 heterocycles. The Labute approximate surface area is 99.6 Å². The molecule has 0 saturated carbocycles. The summed E-state index contributed by atoms with van der Waals surface area (Å²) >= 11 is 0. The molecule has 1 aromatic heterocycles. The SMILES string of the molecule is NCC1COCCN1c1nc2ccccc2[nH]1. The van der Waals surface area contributed by atoms with E-state index in [9.17, 15) is 0 Å². The van der Waals surface area contributed by atoms with Crippen molar-refractivity contribution in [1.82, 2.24) is 9.97 Å². The van der Waals surface area contributed by atoms with Crippen molar-refractivity contribution < 1.29 is 4.74 Å². The van der Waals surface area contributed by atoms with Gasteiger partial charge in [0.25, 0.3) is 0 Å². The molecule has 17 heavy (non-hydrogen) atoms. The number of rotatable bonds is 2. The van der Waals surface area contributed by atoms with Crippen molar-refractivity contribution in [2.24, 2.45) is 5.73 Å². The minimum Gasteiger partial charge on any atom is -0.377 e. The largest absolute Gasteiger partial charge is 0.377 e. The second-order valence-corrected chi connectivity index (χ2v) is 4.24. The Morgan fingerprint density at radius 1 is 1.47 bits per heavy atom. The van der Waals surface area contributed by atoms with Crippen LogP contribution in [0.2, 0.25) is 0 Å². The maximum absolute atomic E-state index is 5.76. The van der Waals surface area contributed by atoms with E-state index >= 15 is 0 Å². The van der Waals surface area contributed by atoms with E-state index in [-0.39, 0.29) is 6.04 Å². The van der Waals surface area contributed by atoms with Gasteiger partial charge in [0, 0.05) is 13.1 Å². The lowest BCUT2D eigenvalue weighted by atomic mass is 10.2. The van der Waals surface area contributed by atoms with Crippen LogP contribution in [-0.2, 0) is 4.74 Å². The highest BCUT2D eigenvalue weighted by Gasteiger charge is 2.24. The number of imidazole rings is 1. The van der Waals surface area contributed by atoms with Gasteiger partial charge in [0.15, 0.2) is 0 Å². The highest BCUT2D eigenvalue weighted by atomic mass is 16.5. The Balaban J connectivity index is 1.96. The number of nitrogens with two attached hydrogens (primary N) is 1. The molecule has 3 rings (SSSR count). The van der Waals surface area contributed by atoms with Crippen LogP contribution in [0, 0.1) is 0 Å². The average Bonchev–Trinajstić information content (AvgIpc) is 2.82. The fraction of sp³-hybridized carbons (Fsp3) is 0.417. The van der Waals surface area contributed by atoms with Crippen molar-refractivity contribution in [2.75, 3.05) is 31.2 Å². The summed E-state index contributed by atoms with van der Waals surface area (Å²) in [6.45, 7) is 2.82. The number of hydrogen-bond donors (Lipinski definition) is 2. The minimum atomic E-state index is 0.212. The minimum absolute atomic E-state index is 0.212. The number of H-pyrrole nitrogens is 1. The van der Waals surface area contributed by atoms with Gasteiger partial charge in [-0.25, -0.2) is 4.98 Å². The number of aromatic nitrogens is 2. The maximum atomic E-state index is 5.76. The highest BCUT2D eigenvalue weighted by Crippen LogP contribution is 2.20.